The monoisotopic (exact) mass is 130 g/mol. The van der Waals surface area contributed by atoms with Crippen LogP contribution in [0.4, 0.5) is 0 Å². The molecule has 0 aromatic heterocycles. The van der Waals surface area contributed by atoms with Crippen LogP contribution in [0.5, 0.6) is 0 Å². The zero-order chi connectivity index (χ0) is 7.28. The van der Waals surface area contributed by atoms with Crippen LogP contribution in [0.2, 0.25) is 5.82 Å². The molecule has 4 heteroatoms. The molecule has 1 atom stereocenters. The van der Waals surface area contributed by atoms with Crippen molar-refractivity contribution in [3.63, 3.8) is 0 Å². The summed E-state index contributed by atoms with van der Waals surface area (Å²) < 4.78 is 9.17. The number of carbonyl (C=O) groups is 1. The van der Waals surface area contributed by atoms with Gasteiger partial charge in [-0.25, -0.2) is 0 Å². The lowest BCUT2D eigenvalue weighted by atomic mass is 9.89. The maximum Gasteiger partial charge on any atom is 0.302 e. The number of methoxy groups -OCH3 is 2. The van der Waals surface area contributed by atoms with Gasteiger partial charge in [-0.3, -0.25) is 4.79 Å². The molecule has 0 bridgehead atoms. The second-order valence-corrected chi connectivity index (χ2v) is 1.88. The minimum Gasteiger partial charge on any atom is -0.469 e. The van der Waals surface area contributed by atoms with Gasteiger partial charge in [-0.1, -0.05) is 0 Å². The summed E-state index contributed by atoms with van der Waals surface area (Å²) in [6.07, 6.45) is 0. The second-order valence-electron chi connectivity index (χ2n) is 1.88. The number of esters is 1. The average Bonchev–Trinajstić information content (AvgIpc) is 1.87. The highest BCUT2D eigenvalue weighted by atomic mass is 16.5. The van der Waals surface area contributed by atoms with E-state index in [-0.39, 0.29) is 11.8 Å². The molecule has 0 saturated heterocycles. The first-order valence-electron chi connectivity index (χ1n) is 2.79. The topological polar surface area (TPSA) is 35.5 Å². The smallest absolute Gasteiger partial charge is 0.302 e. The van der Waals surface area contributed by atoms with E-state index in [1.165, 1.54) is 7.11 Å². The summed E-state index contributed by atoms with van der Waals surface area (Å²) in [4.78, 5) is 10.6. The summed E-state index contributed by atoms with van der Waals surface area (Å²) >= 11 is 0. The van der Waals surface area contributed by atoms with Crippen LogP contribution in [0.3, 0.4) is 0 Å². The van der Waals surface area contributed by atoms with E-state index in [9.17, 15) is 4.79 Å². The fourth-order valence-electron chi connectivity index (χ4n) is 0.519. The van der Waals surface area contributed by atoms with E-state index < -0.39 is 0 Å². The van der Waals surface area contributed by atoms with Crippen molar-refractivity contribution in [1.82, 2.24) is 0 Å². The lowest BCUT2D eigenvalue weighted by Crippen LogP contribution is -2.14. The van der Waals surface area contributed by atoms with E-state index in [1.54, 1.807) is 15.0 Å². The molecule has 0 spiro atoms. The summed E-state index contributed by atoms with van der Waals surface area (Å²) in [5.74, 6) is -0.378. The van der Waals surface area contributed by atoms with Gasteiger partial charge >= 0.3 is 5.97 Å². The second kappa shape index (κ2) is 4.38. The predicted octanol–water partition coefficient (Wildman–Crippen LogP) is -0.773. The van der Waals surface area contributed by atoms with Crippen molar-refractivity contribution in [3.05, 3.63) is 0 Å². The Hall–Kier alpha value is -0.505. The number of ether oxygens (including phenoxy) is 2. The Morgan fingerprint density at radius 1 is 1.67 bits per heavy atom. The summed E-state index contributed by atoms with van der Waals surface area (Å²) in [5.41, 5.74) is 0. The van der Waals surface area contributed by atoms with Gasteiger partial charge in [0.2, 0.25) is 0 Å². The van der Waals surface area contributed by atoms with E-state index >= 15 is 0 Å². The van der Waals surface area contributed by atoms with E-state index in [4.69, 9.17) is 4.74 Å². The number of rotatable bonds is 3. The highest BCUT2D eigenvalue weighted by molar-refractivity contribution is 6.22. The molecule has 0 fully saturated rings. The molecule has 0 aliphatic heterocycles. The van der Waals surface area contributed by atoms with Crippen LogP contribution in [-0.4, -0.2) is 34.6 Å². The normalized spacial score (nSPS) is 12.7. The molecule has 0 aromatic carbocycles. The predicted molar refractivity (Wildman–Crippen MR) is 36.2 cm³/mol. The summed E-state index contributed by atoms with van der Waals surface area (Å²) in [5, 5.41) is 0. The van der Waals surface area contributed by atoms with E-state index in [2.05, 4.69) is 4.74 Å². The highest BCUT2D eigenvalue weighted by Gasteiger charge is 2.11. The first kappa shape index (κ1) is 8.49. The van der Waals surface area contributed by atoms with Gasteiger partial charge in [0, 0.05) is 12.9 Å². The zero-order valence-corrected chi connectivity index (χ0v) is 6.01. The first-order valence-corrected chi connectivity index (χ1v) is 2.79. The van der Waals surface area contributed by atoms with E-state index in [0.29, 0.717) is 6.61 Å². The third-order valence-corrected chi connectivity index (χ3v) is 1.02. The van der Waals surface area contributed by atoms with Gasteiger partial charge in [-0.05, 0) is 0 Å². The zero-order valence-electron chi connectivity index (χ0n) is 6.01. The van der Waals surface area contributed by atoms with Crippen molar-refractivity contribution in [1.29, 1.82) is 0 Å². The van der Waals surface area contributed by atoms with Gasteiger partial charge < -0.3 is 9.47 Å². The van der Waals surface area contributed by atoms with Gasteiger partial charge in [0.15, 0.2) is 0 Å². The van der Waals surface area contributed by atoms with E-state index in [0.717, 1.165) is 0 Å². The van der Waals surface area contributed by atoms with Crippen LogP contribution in [0.25, 0.3) is 0 Å². The van der Waals surface area contributed by atoms with Crippen LogP contribution in [0.15, 0.2) is 0 Å². The molecule has 9 heavy (non-hydrogen) atoms. The lowest BCUT2D eigenvalue weighted by molar-refractivity contribution is -0.141. The van der Waals surface area contributed by atoms with Crippen LogP contribution in [0.1, 0.15) is 0 Å². The molecule has 3 nitrogen and oxygen atoms in total. The van der Waals surface area contributed by atoms with Crippen molar-refractivity contribution in [2.24, 2.45) is 0 Å². The number of carbonyl (C=O) groups excluding carboxylic acids is 1. The Bertz CT molecular complexity index is 94.2. The van der Waals surface area contributed by atoms with Crippen LogP contribution < -0.4 is 0 Å². The van der Waals surface area contributed by atoms with Gasteiger partial charge in [-0.15, -0.1) is 0 Å². The molecule has 0 aliphatic carbocycles. The molecule has 0 N–H and O–H groups in total. The molecule has 0 amide bonds. The fourth-order valence-corrected chi connectivity index (χ4v) is 0.519. The van der Waals surface area contributed by atoms with Crippen molar-refractivity contribution in [3.8, 4) is 0 Å². The Kier molecular flexibility index (Phi) is 4.14. The average molecular weight is 130 g/mol. The van der Waals surface area contributed by atoms with Crippen LogP contribution in [0, 0.1) is 0 Å². The van der Waals surface area contributed by atoms with Gasteiger partial charge in [-0.2, -0.15) is 0 Å². The molecule has 1 unspecified atom stereocenters. The Morgan fingerprint density at radius 2 is 2.22 bits per heavy atom. The third-order valence-electron chi connectivity index (χ3n) is 1.02. The molecular weight excluding hydrogens is 119 g/mol. The minimum absolute atomic E-state index is 0.153. The maximum absolute atomic E-state index is 10.6. The Labute approximate surface area is 55.7 Å². The van der Waals surface area contributed by atoms with Crippen molar-refractivity contribution in [2.45, 2.75) is 5.82 Å². The molecule has 0 saturated carbocycles. The maximum atomic E-state index is 10.6. The Morgan fingerprint density at radius 3 is 2.56 bits per heavy atom. The van der Waals surface area contributed by atoms with Crippen molar-refractivity contribution < 1.29 is 14.3 Å². The van der Waals surface area contributed by atoms with Crippen molar-refractivity contribution in [2.75, 3.05) is 20.8 Å². The number of hydrogen-bond donors (Lipinski definition) is 0. The summed E-state index contributed by atoms with van der Waals surface area (Å²) in [7, 11) is 4.68. The molecule has 0 aromatic rings. The molecule has 0 radical (unpaired) electrons. The molecular formula is C5H11BO3. The first-order chi connectivity index (χ1) is 4.22. The van der Waals surface area contributed by atoms with Crippen LogP contribution in [-0.2, 0) is 14.3 Å². The highest BCUT2D eigenvalue weighted by Crippen LogP contribution is 1.99. The SMILES string of the molecule is BC(COC)C(=O)OC. The van der Waals surface area contributed by atoms with E-state index in [1.807, 2.05) is 0 Å². The van der Waals surface area contributed by atoms with Gasteiger partial charge in [0.25, 0.3) is 0 Å². The molecule has 0 heterocycles. The lowest BCUT2D eigenvalue weighted by Gasteiger charge is -2.05. The van der Waals surface area contributed by atoms with Crippen molar-refractivity contribution >= 4 is 13.8 Å². The molecule has 0 rings (SSSR count). The molecule has 0 aliphatic rings. The van der Waals surface area contributed by atoms with Crippen LogP contribution >= 0.6 is 0 Å². The van der Waals surface area contributed by atoms with Gasteiger partial charge in [0.05, 0.1) is 13.7 Å². The summed E-state index contributed by atoms with van der Waals surface area (Å²) in [6.45, 7) is 0.423. The quantitative estimate of drug-likeness (QED) is 0.371. The third kappa shape index (κ3) is 3.14. The fraction of sp³-hybridized carbons (Fsp3) is 0.800. The summed E-state index contributed by atoms with van der Waals surface area (Å²) in [6, 6.07) is 0. The minimum atomic E-state index is -0.225. The van der Waals surface area contributed by atoms with Gasteiger partial charge in [0.1, 0.15) is 7.85 Å². The number of hydrogen-bond acceptors (Lipinski definition) is 3. The molecule has 52 valence electrons. The standard InChI is InChI=1S/C5H11BO3/c1-8-3-4(6)5(7)9-2/h4H,3,6H2,1-2H3. The Balaban J connectivity index is 3.45. The largest absolute Gasteiger partial charge is 0.469 e.